The third-order valence-corrected chi connectivity index (χ3v) is 3.24. The molecule has 0 aliphatic carbocycles. The highest BCUT2D eigenvalue weighted by molar-refractivity contribution is 5.80. The summed E-state index contributed by atoms with van der Waals surface area (Å²) in [5, 5.41) is 11.9. The number of hydrogen-bond acceptors (Lipinski definition) is 3. The van der Waals surface area contributed by atoms with Crippen molar-refractivity contribution < 1.29 is 14.6 Å². The van der Waals surface area contributed by atoms with Crippen molar-refractivity contribution >= 4 is 5.91 Å². The molecular weight excluding hydrogens is 266 g/mol. The number of carbonyl (C=O) groups excluding carboxylic acids is 1. The van der Waals surface area contributed by atoms with Crippen molar-refractivity contribution in [1.29, 1.82) is 0 Å². The van der Waals surface area contributed by atoms with E-state index in [0.717, 1.165) is 0 Å². The zero-order valence-corrected chi connectivity index (χ0v) is 13.6. The molecule has 4 heteroatoms. The lowest BCUT2D eigenvalue weighted by Gasteiger charge is -2.21. The highest BCUT2D eigenvalue weighted by Gasteiger charge is 2.17. The Morgan fingerprint density at radius 2 is 2.00 bits per heavy atom. The molecule has 1 aromatic rings. The van der Waals surface area contributed by atoms with Crippen LogP contribution in [-0.2, 0) is 10.2 Å². The molecule has 0 fully saturated rings. The van der Waals surface area contributed by atoms with Crippen molar-refractivity contribution in [2.45, 2.75) is 58.7 Å². The Bertz CT molecular complexity index is 463. The Kier molecular flexibility index (Phi) is 6.21. The fraction of sp³-hybridized carbons (Fsp3) is 0.588. The van der Waals surface area contributed by atoms with Gasteiger partial charge in [0.05, 0.1) is 6.10 Å². The number of ether oxygens (including phenoxy) is 1. The normalized spacial score (nSPS) is 14.4. The highest BCUT2D eigenvalue weighted by atomic mass is 16.5. The predicted molar refractivity (Wildman–Crippen MR) is 84.5 cm³/mol. The van der Waals surface area contributed by atoms with Crippen LogP contribution in [0.5, 0.6) is 5.75 Å². The molecule has 1 amide bonds. The summed E-state index contributed by atoms with van der Waals surface area (Å²) in [5.41, 5.74) is 1.21. The second kappa shape index (κ2) is 7.46. The van der Waals surface area contributed by atoms with Crippen LogP contribution in [0, 0.1) is 0 Å². The van der Waals surface area contributed by atoms with Gasteiger partial charge in [-0.2, -0.15) is 0 Å². The maximum atomic E-state index is 11.9. The summed E-state index contributed by atoms with van der Waals surface area (Å²) in [4.78, 5) is 11.9. The Hall–Kier alpha value is -1.55. The molecule has 2 unspecified atom stereocenters. The van der Waals surface area contributed by atoms with Crippen LogP contribution in [0.15, 0.2) is 24.3 Å². The third kappa shape index (κ3) is 6.17. The summed E-state index contributed by atoms with van der Waals surface area (Å²) < 4.78 is 5.69. The molecule has 2 atom stereocenters. The fourth-order valence-electron chi connectivity index (χ4n) is 1.84. The van der Waals surface area contributed by atoms with Crippen molar-refractivity contribution in [3.8, 4) is 5.75 Å². The minimum absolute atomic E-state index is 0.0438. The SMILES string of the molecule is CC(O)CCNC(=O)C(C)Oc1cccc(C(C)(C)C)c1. The van der Waals surface area contributed by atoms with E-state index in [4.69, 9.17) is 9.84 Å². The van der Waals surface area contributed by atoms with Gasteiger partial charge in [-0.05, 0) is 43.4 Å². The van der Waals surface area contributed by atoms with Crippen LogP contribution in [0.1, 0.15) is 46.6 Å². The first kappa shape index (κ1) is 17.5. The van der Waals surface area contributed by atoms with Gasteiger partial charge in [0.1, 0.15) is 5.75 Å². The molecule has 1 aromatic carbocycles. The first-order valence-electron chi connectivity index (χ1n) is 7.43. The van der Waals surface area contributed by atoms with Crippen LogP contribution in [0.25, 0.3) is 0 Å². The largest absolute Gasteiger partial charge is 0.481 e. The molecule has 0 heterocycles. The van der Waals surface area contributed by atoms with E-state index >= 15 is 0 Å². The molecular formula is C17H27NO3. The summed E-state index contributed by atoms with van der Waals surface area (Å²) in [7, 11) is 0. The number of carbonyl (C=O) groups is 1. The Morgan fingerprint density at radius 1 is 1.33 bits per heavy atom. The molecule has 0 spiro atoms. The van der Waals surface area contributed by atoms with Gasteiger partial charge in [-0.1, -0.05) is 32.9 Å². The van der Waals surface area contributed by atoms with Crippen LogP contribution in [0.2, 0.25) is 0 Å². The van der Waals surface area contributed by atoms with Crippen LogP contribution < -0.4 is 10.1 Å². The molecule has 0 bridgehead atoms. The van der Waals surface area contributed by atoms with E-state index in [1.165, 1.54) is 5.56 Å². The van der Waals surface area contributed by atoms with Crippen molar-refractivity contribution in [2.24, 2.45) is 0 Å². The highest BCUT2D eigenvalue weighted by Crippen LogP contribution is 2.26. The second-order valence-electron chi connectivity index (χ2n) is 6.47. The molecule has 21 heavy (non-hydrogen) atoms. The predicted octanol–water partition coefficient (Wildman–Crippen LogP) is 2.64. The van der Waals surface area contributed by atoms with E-state index in [2.05, 4.69) is 32.2 Å². The van der Waals surface area contributed by atoms with Gasteiger partial charge >= 0.3 is 0 Å². The molecule has 0 radical (unpaired) electrons. The molecule has 1 rings (SSSR count). The lowest BCUT2D eigenvalue weighted by molar-refractivity contribution is -0.127. The van der Waals surface area contributed by atoms with Gasteiger partial charge in [-0.25, -0.2) is 0 Å². The number of amides is 1. The van der Waals surface area contributed by atoms with E-state index in [0.29, 0.717) is 18.7 Å². The zero-order valence-electron chi connectivity index (χ0n) is 13.6. The average Bonchev–Trinajstić information content (AvgIpc) is 2.37. The van der Waals surface area contributed by atoms with Crippen LogP contribution >= 0.6 is 0 Å². The van der Waals surface area contributed by atoms with Gasteiger partial charge in [-0.15, -0.1) is 0 Å². The molecule has 0 saturated heterocycles. The number of aliphatic hydroxyl groups is 1. The van der Waals surface area contributed by atoms with E-state index in [9.17, 15) is 4.79 Å². The summed E-state index contributed by atoms with van der Waals surface area (Å²) in [6, 6.07) is 7.82. The number of nitrogens with one attached hydrogen (secondary N) is 1. The fourth-order valence-corrected chi connectivity index (χ4v) is 1.84. The molecule has 0 aliphatic heterocycles. The average molecular weight is 293 g/mol. The lowest BCUT2D eigenvalue weighted by Crippen LogP contribution is -2.37. The number of rotatable bonds is 6. The van der Waals surface area contributed by atoms with Crippen molar-refractivity contribution in [3.05, 3.63) is 29.8 Å². The van der Waals surface area contributed by atoms with E-state index < -0.39 is 12.2 Å². The van der Waals surface area contributed by atoms with E-state index in [-0.39, 0.29) is 11.3 Å². The van der Waals surface area contributed by atoms with Gasteiger partial charge in [0.25, 0.3) is 5.91 Å². The van der Waals surface area contributed by atoms with E-state index in [1.54, 1.807) is 13.8 Å². The van der Waals surface area contributed by atoms with Gasteiger partial charge in [0.15, 0.2) is 6.10 Å². The minimum Gasteiger partial charge on any atom is -0.481 e. The summed E-state index contributed by atoms with van der Waals surface area (Å²) in [5.74, 6) is 0.525. The second-order valence-corrected chi connectivity index (χ2v) is 6.47. The monoisotopic (exact) mass is 293 g/mol. The van der Waals surface area contributed by atoms with Crippen molar-refractivity contribution in [1.82, 2.24) is 5.32 Å². The topological polar surface area (TPSA) is 58.6 Å². The van der Waals surface area contributed by atoms with Gasteiger partial charge in [-0.3, -0.25) is 4.79 Å². The molecule has 0 saturated carbocycles. The smallest absolute Gasteiger partial charge is 0.260 e. The summed E-state index contributed by atoms with van der Waals surface area (Å²) in [6.45, 7) is 10.3. The van der Waals surface area contributed by atoms with Gasteiger partial charge < -0.3 is 15.2 Å². The third-order valence-electron chi connectivity index (χ3n) is 3.24. The zero-order chi connectivity index (χ0) is 16.0. The van der Waals surface area contributed by atoms with E-state index in [1.807, 2.05) is 18.2 Å². The Labute approximate surface area is 127 Å². The molecule has 0 aliphatic rings. The minimum atomic E-state index is -0.561. The Balaban J connectivity index is 2.58. The molecule has 118 valence electrons. The quantitative estimate of drug-likeness (QED) is 0.847. The van der Waals surface area contributed by atoms with Gasteiger partial charge in [0.2, 0.25) is 0 Å². The molecule has 2 N–H and O–H groups in total. The summed E-state index contributed by atoms with van der Waals surface area (Å²) in [6.07, 6.45) is -0.433. The molecule has 4 nitrogen and oxygen atoms in total. The lowest BCUT2D eigenvalue weighted by atomic mass is 9.87. The molecule has 0 aromatic heterocycles. The standard InChI is InChI=1S/C17H27NO3/c1-12(19)9-10-18-16(20)13(2)21-15-8-6-7-14(11-15)17(3,4)5/h6-8,11-13,19H,9-10H2,1-5H3,(H,18,20). The maximum Gasteiger partial charge on any atom is 0.260 e. The first-order chi connectivity index (χ1) is 9.70. The number of benzene rings is 1. The number of hydrogen-bond donors (Lipinski definition) is 2. The summed E-state index contributed by atoms with van der Waals surface area (Å²) >= 11 is 0. The van der Waals surface area contributed by atoms with Crippen LogP contribution in [0.3, 0.4) is 0 Å². The van der Waals surface area contributed by atoms with Gasteiger partial charge in [0, 0.05) is 6.54 Å². The maximum absolute atomic E-state index is 11.9. The Morgan fingerprint density at radius 3 is 2.57 bits per heavy atom. The van der Waals surface area contributed by atoms with Crippen molar-refractivity contribution in [3.63, 3.8) is 0 Å². The van der Waals surface area contributed by atoms with Crippen LogP contribution in [0.4, 0.5) is 0 Å². The number of aliphatic hydroxyl groups excluding tert-OH is 1. The van der Waals surface area contributed by atoms with Crippen molar-refractivity contribution in [2.75, 3.05) is 6.54 Å². The van der Waals surface area contributed by atoms with Crippen LogP contribution in [-0.4, -0.2) is 29.8 Å². The first-order valence-corrected chi connectivity index (χ1v) is 7.43.